The molecular weight excluding hydrogens is 334 g/mol. The fourth-order valence-electron chi connectivity index (χ4n) is 2.53. The van der Waals surface area contributed by atoms with Gasteiger partial charge in [0.2, 0.25) is 5.91 Å². The second kappa shape index (κ2) is 7.44. The molecule has 6 heteroatoms. The maximum Gasteiger partial charge on any atom is 0.251 e. The number of fused-ring (bicyclic) bond motifs is 1. The van der Waals surface area contributed by atoms with Gasteiger partial charge in [-0.2, -0.15) is 0 Å². The zero-order chi connectivity index (χ0) is 17.8. The molecule has 0 radical (unpaired) electrons. The lowest BCUT2D eigenvalue weighted by atomic mass is 10.2. The van der Waals surface area contributed by atoms with Crippen molar-refractivity contribution in [1.29, 1.82) is 0 Å². The average molecular weight is 353 g/mol. The summed E-state index contributed by atoms with van der Waals surface area (Å²) >= 11 is 1.57. The van der Waals surface area contributed by atoms with Gasteiger partial charge in [0.25, 0.3) is 5.91 Å². The molecule has 0 spiro atoms. The number of carbonyl (C=O) groups is 2. The first kappa shape index (κ1) is 17.1. The van der Waals surface area contributed by atoms with E-state index in [-0.39, 0.29) is 11.8 Å². The normalized spacial score (nSPS) is 11.9. The molecule has 1 aromatic heterocycles. The van der Waals surface area contributed by atoms with Crippen LogP contribution >= 0.6 is 11.3 Å². The Bertz CT molecular complexity index is 859. The van der Waals surface area contributed by atoms with Gasteiger partial charge in [0.1, 0.15) is 11.0 Å². The molecule has 25 heavy (non-hydrogen) atoms. The highest BCUT2D eigenvalue weighted by molar-refractivity contribution is 7.18. The van der Waals surface area contributed by atoms with E-state index in [1.54, 1.807) is 54.5 Å². The molecule has 0 aliphatic rings. The summed E-state index contributed by atoms with van der Waals surface area (Å²) in [4.78, 5) is 30.8. The number of likely N-dealkylation sites (N-methyl/N-ethyl adjacent to an activating group) is 1. The van der Waals surface area contributed by atoms with E-state index in [1.807, 2.05) is 30.3 Å². The van der Waals surface area contributed by atoms with Crippen molar-refractivity contribution in [3.63, 3.8) is 0 Å². The van der Waals surface area contributed by atoms with Crippen LogP contribution in [-0.2, 0) is 11.3 Å². The SMILES string of the molecule is CC(NC(=O)c1ccccc1)C(=O)N(C)Cc1nc2ccccc2s1. The number of benzene rings is 2. The third-order valence-corrected chi connectivity index (χ3v) is 4.86. The molecule has 0 saturated carbocycles. The maximum atomic E-state index is 12.5. The van der Waals surface area contributed by atoms with Gasteiger partial charge in [0.05, 0.1) is 16.8 Å². The minimum absolute atomic E-state index is 0.150. The Morgan fingerprint density at radius 3 is 2.52 bits per heavy atom. The van der Waals surface area contributed by atoms with E-state index in [1.165, 1.54) is 0 Å². The first-order chi connectivity index (χ1) is 12.0. The molecule has 0 aliphatic heterocycles. The summed E-state index contributed by atoms with van der Waals surface area (Å²) < 4.78 is 1.10. The van der Waals surface area contributed by atoms with Gasteiger partial charge in [-0.15, -0.1) is 11.3 Å². The molecule has 0 bridgehead atoms. The third-order valence-electron chi connectivity index (χ3n) is 3.84. The first-order valence-electron chi connectivity index (χ1n) is 8.00. The minimum atomic E-state index is -0.605. The second-order valence-corrected chi connectivity index (χ2v) is 6.95. The highest BCUT2D eigenvalue weighted by Gasteiger charge is 2.21. The number of para-hydroxylation sites is 1. The highest BCUT2D eigenvalue weighted by atomic mass is 32.1. The van der Waals surface area contributed by atoms with Crippen molar-refractivity contribution in [2.45, 2.75) is 19.5 Å². The lowest BCUT2D eigenvalue weighted by Crippen LogP contribution is -2.45. The Hall–Kier alpha value is -2.73. The quantitative estimate of drug-likeness (QED) is 0.767. The van der Waals surface area contributed by atoms with E-state index in [2.05, 4.69) is 10.3 Å². The van der Waals surface area contributed by atoms with Gasteiger partial charge < -0.3 is 10.2 Å². The number of aromatic nitrogens is 1. The zero-order valence-corrected chi connectivity index (χ0v) is 14.9. The van der Waals surface area contributed by atoms with Gasteiger partial charge in [-0.3, -0.25) is 9.59 Å². The molecule has 0 saturated heterocycles. The second-order valence-electron chi connectivity index (χ2n) is 5.83. The molecule has 2 aromatic carbocycles. The summed E-state index contributed by atoms with van der Waals surface area (Å²) in [6.45, 7) is 2.11. The fourth-order valence-corrected chi connectivity index (χ4v) is 3.55. The predicted octanol–water partition coefficient (Wildman–Crippen LogP) is 3.07. The monoisotopic (exact) mass is 353 g/mol. The number of hydrogen-bond donors (Lipinski definition) is 1. The molecule has 1 N–H and O–H groups in total. The van der Waals surface area contributed by atoms with Crippen LogP contribution in [0.1, 0.15) is 22.3 Å². The Balaban J connectivity index is 1.62. The van der Waals surface area contributed by atoms with Crippen molar-refractivity contribution in [3.8, 4) is 0 Å². The molecule has 1 atom stereocenters. The van der Waals surface area contributed by atoms with Crippen molar-refractivity contribution in [2.75, 3.05) is 7.05 Å². The number of amides is 2. The standard InChI is InChI=1S/C19H19N3O2S/c1-13(20-18(23)14-8-4-3-5-9-14)19(24)22(2)12-17-21-15-10-6-7-11-16(15)25-17/h3-11,13H,12H2,1-2H3,(H,20,23). The van der Waals surface area contributed by atoms with Gasteiger partial charge in [0, 0.05) is 12.6 Å². The average Bonchev–Trinajstić information content (AvgIpc) is 3.03. The Morgan fingerprint density at radius 1 is 1.12 bits per heavy atom. The van der Waals surface area contributed by atoms with E-state index in [0.29, 0.717) is 12.1 Å². The fraction of sp³-hybridized carbons (Fsp3) is 0.211. The van der Waals surface area contributed by atoms with E-state index in [4.69, 9.17) is 0 Å². The molecule has 5 nitrogen and oxygen atoms in total. The number of carbonyl (C=O) groups excluding carboxylic acids is 2. The van der Waals surface area contributed by atoms with Crippen molar-refractivity contribution in [2.24, 2.45) is 0 Å². The molecule has 2 amide bonds. The van der Waals surface area contributed by atoms with Crippen molar-refractivity contribution < 1.29 is 9.59 Å². The number of hydrogen-bond acceptors (Lipinski definition) is 4. The Labute approximate surface area is 150 Å². The number of nitrogens with one attached hydrogen (secondary N) is 1. The lowest BCUT2D eigenvalue weighted by molar-refractivity contribution is -0.132. The first-order valence-corrected chi connectivity index (χ1v) is 8.81. The molecular formula is C19H19N3O2S. The summed E-state index contributed by atoms with van der Waals surface area (Å²) in [5.41, 5.74) is 1.48. The van der Waals surface area contributed by atoms with Gasteiger partial charge in [-0.25, -0.2) is 4.98 Å². The van der Waals surface area contributed by atoms with Gasteiger partial charge in [-0.05, 0) is 31.2 Å². The molecule has 128 valence electrons. The number of nitrogens with zero attached hydrogens (tertiary/aromatic N) is 2. The molecule has 1 unspecified atom stereocenters. The minimum Gasteiger partial charge on any atom is -0.341 e. The van der Waals surface area contributed by atoms with Crippen molar-refractivity contribution >= 4 is 33.4 Å². The van der Waals surface area contributed by atoms with Crippen LogP contribution in [0.3, 0.4) is 0 Å². The summed E-state index contributed by atoms with van der Waals surface area (Å²) in [5, 5.41) is 3.62. The van der Waals surface area contributed by atoms with Gasteiger partial charge in [-0.1, -0.05) is 30.3 Å². The van der Waals surface area contributed by atoms with Crippen molar-refractivity contribution in [1.82, 2.24) is 15.2 Å². The van der Waals surface area contributed by atoms with Crippen LogP contribution in [0.25, 0.3) is 10.2 Å². The molecule has 0 fully saturated rings. The Kier molecular flexibility index (Phi) is 5.09. The van der Waals surface area contributed by atoms with Crippen LogP contribution in [0.5, 0.6) is 0 Å². The van der Waals surface area contributed by atoms with E-state index in [0.717, 1.165) is 15.2 Å². The summed E-state index contributed by atoms with van der Waals surface area (Å²) in [7, 11) is 1.72. The van der Waals surface area contributed by atoms with Crippen molar-refractivity contribution in [3.05, 3.63) is 65.2 Å². The van der Waals surface area contributed by atoms with E-state index < -0.39 is 6.04 Å². The van der Waals surface area contributed by atoms with Crippen LogP contribution in [-0.4, -0.2) is 34.8 Å². The predicted molar refractivity (Wildman–Crippen MR) is 99.5 cm³/mol. The van der Waals surface area contributed by atoms with E-state index >= 15 is 0 Å². The van der Waals surface area contributed by atoms with Crippen LogP contribution < -0.4 is 5.32 Å². The molecule has 3 aromatic rings. The van der Waals surface area contributed by atoms with Gasteiger partial charge in [0.15, 0.2) is 0 Å². The third kappa shape index (κ3) is 4.03. The van der Waals surface area contributed by atoms with Crippen LogP contribution in [0, 0.1) is 0 Å². The largest absolute Gasteiger partial charge is 0.341 e. The summed E-state index contributed by atoms with van der Waals surface area (Å²) in [6.07, 6.45) is 0. The van der Waals surface area contributed by atoms with E-state index in [9.17, 15) is 9.59 Å². The lowest BCUT2D eigenvalue weighted by Gasteiger charge is -2.21. The number of rotatable bonds is 5. The highest BCUT2D eigenvalue weighted by Crippen LogP contribution is 2.22. The Morgan fingerprint density at radius 2 is 1.80 bits per heavy atom. The van der Waals surface area contributed by atoms with Crippen LogP contribution in [0.15, 0.2) is 54.6 Å². The maximum absolute atomic E-state index is 12.5. The van der Waals surface area contributed by atoms with Crippen LogP contribution in [0.2, 0.25) is 0 Å². The number of thiazole rings is 1. The smallest absolute Gasteiger partial charge is 0.251 e. The zero-order valence-electron chi connectivity index (χ0n) is 14.1. The van der Waals surface area contributed by atoms with Crippen LogP contribution in [0.4, 0.5) is 0 Å². The molecule has 3 rings (SSSR count). The van der Waals surface area contributed by atoms with Gasteiger partial charge >= 0.3 is 0 Å². The molecule has 1 heterocycles. The topological polar surface area (TPSA) is 62.3 Å². The molecule has 0 aliphatic carbocycles. The summed E-state index contributed by atoms with van der Waals surface area (Å²) in [5.74, 6) is -0.404. The summed E-state index contributed by atoms with van der Waals surface area (Å²) in [6, 6.07) is 16.2.